The van der Waals surface area contributed by atoms with Gasteiger partial charge in [0.15, 0.2) is 6.61 Å². The summed E-state index contributed by atoms with van der Waals surface area (Å²) in [6, 6.07) is 23.1. The zero-order valence-corrected chi connectivity index (χ0v) is 14.6. The number of hydrogen-bond acceptors (Lipinski definition) is 2. The van der Waals surface area contributed by atoms with Gasteiger partial charge in [0.05, 0.1) is 0 Å². The SMILES string of the molecule is Cc1cc(Cl)ccc1OCC(=O)Nc1ccc(-c2ccccc2)cc1. The maximum atomic E-state index is 12.1. The molecule has 0 aromatic heterocycles. The third-order valence-corrected chi connectivity index (χ3v) is 4.01. The van der Waals surface area contributed by atoms with Crippen molar-refractivity contribution in [3.8, 4) is 16.9 Å². The highest BCUT2D eigenvalue weighted by molar-refractivity contribution is 6.30. The van der Waals surface area contributed by atoms with E-state index in [1.165, 1.54) is 0 Å². The highest BCUT2D eigenvalue weighted by Crippen LogP contribution is 2.22. The number of anilines is 1. The summed E-state index contributed by atoms with van der Waals surface area (Å²) in [6.45, 7) is 1.84. The van der Waals surface area contributed by atoms with Crippen LogP contribution in [0.4, 0.5) is 5.69 Å². The molecule has 0 fully saturated rings. The Bertz CT molecular complexity index is 861. The van der Waals surface area contributed by atoms with E-state index in [1.54, 1.807) is 18.2 Å². The van der Waals surface area contributed by atoms with Crippen LogP contribution in [0.3, 0.4) is 0 Å². The van der Waals surface area contributed by atoms with Crippen LogP contribution in [0.2, 0.25) is 5.02 Å². The zero-order valence-electron chi connectivity index (χ0n) is 13.8. The Balaban J connectivity index is 1.57. The van der Waals surface area contributed by atoms with Gasteiger partial charge < -0.3 is 10.1 Å². The molecule has 0 spiro atoms. The first-order valence-electron chi connectivity index (χ1n) is 7.96. The fourth-order valence-electron chi connectivity index (χ4n) is 2.49. The molecule has 0 aliphatic carbocycles. The minimum Gasteiger partial charge on any atom is -0.483 e. The summed E-state index contributed by atoms with van der Waals surface area (Å²) >= 11 is 5.91. The van der Waals surface area contributed by atoms with Crippen molar-refractivity contribution < 1.29 is 9.53 Å². The van der Waals surface area contributed by atoms with E-state index in [4.69, 9.17) is 16.3 Å². The van der Waals surface area contributed by atoms with Crippen molar-refractivity contribution in [3.63, 3.8) is 0 Å². The normalized spacial score (nSPS) is 10.3. The summed E-state index contributed by atoms with van der Waals surface area (Å²) in [6.07, 6.45) is 0. The molecule has 0 bridgehead atoms. The van der Waals surface area contributed by atoms with Gasteiger partial charge in [-0.05, 0) is 53.9 Å². The van der Waals surface area contributed by atoms with Crippen LogP contribution < -0.4 is 10.1 Å². The molecule has 0 atom stereocenters. The number of carbonyl (C=O) groups is 1. The average Bonchev–Trinajstić information content (AvgIpc) is 2.62. The highest BCUT2D eigenvalue weighted by Gasteiger charge is 2.06. The van der Waals surface area contributed by atoms with Gasteiger partial charge in [0.25, 0.3) is 5.91 Å². The third kappa shape index (κ3) is 4.61. The first-order valence-corrected chi connectivity index (χ1v) is 8.34. The lowest BCUT2D eigenvalue weighted by Crippen LogP contribution is -2.20. The molecule has 1 amide bonds. The smallest absolute Gasteiger partial charge is 0.262 e. The van der Waals surface area contributed by atoms with Gasteiger partial charge in [-0.15, -0.1) is 0 Å². The molecule has 0 saturated carbocycles. The second-order valence-electron chi connectivity index (χ2n) is 5.69. The average molecular weight is 352 g/mol. The Morgan fingerprint density at radius 2 is 1.64 bits per heavy atom. The van der Waals surface area contributed by atoms with Gasteiger partial charge in [0.1, 0.15) is 5.75 Å². The summed E-state index contributed by atoms with van der Waals surface area (Å²) < 4.78 is 5.55. The molecule has 0 aliphatic heterocycles. The molecular weight excluding hydrogens is 334 g/mol. The Labute approximate surface area is 152 Å². The van der Waals surface area contributed by atoms with Crippen LogP contribution in [0.1, 0.15) is 5.56 Å². The lowest BCUT2D eigenvalue weighted by molar-refractivity contribution is -0.118. The summed E-state index contributed by atoms with van der Waals surface area (Å²) in [5.41, 5.74) is 3.88. The molecular formula is C21H18ClNO2. The molecule has 3 rings (SSSR count). The third-order valence-electron chi connectivity index (χ3n) is 3.77. The molecule has 3 nitrogen and oxygen atoms in total. The fraction of sp³-hybridized carbons (Fsp3) is 0.0952. The van der Waals surface area contributed by atoms with Gasteiger partial charge >= 0.3 is 0 Å². The van der Waals surface area contributed by atoms with E-state index in [2.05, 4.69) is 17.4 Å². The van der Waals surface area contributed by atoms with Gasteiger partial charge in [0.2, 0.25) is 0 Å². The first kappa shape index (κ1) is 17.1. The molecule has 25 heavy (non-hydrogen) atoms. The maximum absolute atomic E-state index is 12.1. The van der Waals surface area contributed by atoms with E-state index in [9.17, 15) is 4.79 Å². The Hall–Kier alpha value is -2.78. The predicted octanol–water partition coefficient (Wildman–Crippen LogP) is 5.33. The second-order valence-corrected chi connectivity index (χ2v) is 6.13. The van der Waals surface area contributed by atoms with Crippen LogP contribution in [0, 0.1) is 6.92 Å². The molecule has 1 N–H and O–H groups in total. The molecule has 0 aliphatic rings. The number of aryl methyl sites for hydroxylation is 1. The van der Waals surface area contributed by atoms with Gasteiger partial charge in [-0.25, -0.2) is 0 Å². The number of amides is 1. The van der Waals surface area contributed by atoms with Crippen molar-refractivity contribution in [2.75, 3.05) is 11.9 Å². The Kier molecular flexibility index (Phi) is 5.36. The second kappa shape index (κ2) is 7.86. The van der Waals surface area contributed by atoms with Crippen molar-refractivity contribution in [1.82, 2.24) is 0 Å². The number of nitrogens with one attached hydrogen (secondary N) is 1. The van der Waals surface area contributed by atoms with Crippen molar-refractivity contribution >= 4 is 23.2 Å². The number of hydrogen-bond donors (Lipinski definition) is 1. The minimum absolute atomic E-state index is 0.0527. The van der Waals surface area contributed by atoms with Gasteiger partial charge in [-0.3, -0.25) is 4.79 Å². The van der Waals surface area contributed by atoms with Gasteiger partial charge in [-0.1, -0.05) is 54.1 Å². The molecule has 3 aromatic rings. The van der Waals surface area contributed by atoms with Crippen LogP contribution in [-0.2, 0) is 4.79 Å². The van der Waals surface area contributed by atoms with E-state index in [0.29, 0.717) is 10.8 Å². The lowest BCUT2D eigenvalue weighted by atomic mass is 10.1. The monoisotopic (exact) mass is 351 g/mol. The van der Waals surface area contributed by atoms with Crippen molar-refractivity contribution in [3.05, 3.63) is 83.4 Å². The van der Waals surface area contributed by atoms with E-state index in [0.717, 1.165) is 22.4 Å². The van der Waals surface area contributed by atoms with Crippen LogP contribution >= 0.6 is 11.6 Å². The summed E-state index contributed by atoms with van der Waals surface area (Å²) in [4.78, 5) is 12.1. The van der Waals surface area contributed by atoms with Crippen molar-refractivity contribution in [2.45, 2.75) is 6.92 Å². The lowest BCUT2D eigenvalue weighted by Gasteiger charge is -2.10. The Morgan fingerprint density at radius 1 is 0.960 bits per heavy atom. The fourth-order valence-corrected chi connectivity index (χ4v) is 2.72. The number of carbonyl (C=O) groups excluding carboxylic acids is 1. The largest absolute Gasteiger partial charge is 0.483 e. The number of benzene rings is 3. The number of rotatable bonds is 5. The van der Waals surface area contributed by atoms with E-state index < -0.39 is 0 Å². The van der Waals surface area contributed by atoms with Gasteiger partial charge in [0, 0.05) is 10.7 Å². The van der Waals surface area contributed by atoms with Crippen LogP contribution in [-0.4, -0.2) is 12.5 Å². The van der Waals surface area contributed by atoms with Gasteiger partial charge in [-0.2, -0.15) is 0 Å². The highest BCUT2D eigenvalue weighted by atomic mass is 35.5. The molecule has 4 heteroatoms. The molecule has 0 heterocycles. The minimum atomic E-state index is -0.207. The quantitative estimate of drug-likeness (QED) is 0.674. The van der Waals surface area contributed by atoms with Crippen LogP contribution in [0.25, 0.3) is 11.1 Å². The number of ether oxygens (including phenoxy) is 1. The van der Waals surface area contributed by atoms with E-state index >= 15 is 0 Å². The molecule has 0 radical (unpaired) electrons. The van der Waals surface area contributed by atoms with Crippen molar-refractivity contribution in [2.24, 2.45) is 0 Å². The summed E-state index contributed by atoms with van der Waals surface area (Å²) in [7, 11) is 0. The van der Waals surface area contributed by atoms with Crippen LogP contribution in [0.15, 0.2) is 72.8 Å². The van der Waals surface area contributed by atoms with Crippen molar-refractivity contribution in [1.29, 1.82) is 0 Å². The van der Waals surface area contributed by atoms with Crippen LogP contribution in [0.5, 0.6) is 5.75 Å². The summed E-state index contributed by atoms with van der Waals surface area (Å²) in [5, 5.41) is 3.48. The Morgan fingerprint density at radius 3 is 2.32 bits per heavy atom. The predicted molar refractivity (Wildman–Crippen MR) is 102 cm³/mol. The molecule has 3 aromatic carbocycles. The molecule has 0 saturated heterocycles. The zero-order chi connectivity index (χ0) is 17.6. The summed E-state index contributed by atoms with van der Waals surface area (Å²) in [5.74, 6) is 0.445. The standard InChI is InChI=1S/C21H18ClNO2/c1-15-13-18(22)9-12-20(15)25-14-21(24)23-19-10-7-17(8-11-19)16-5-3-2-4-6-16/h2-13H,14H2,1H3,(H,23,24). The first-order chi connectivity index (χ1) is 12.1. The maximum Gasteiger partial charge on any atom is 0.262 e. The molecule has 126 valence electrons. The van der Waals surface area contributed by atoms with E-state index in [-0.39, 0.29) is 12.5 Å². The van der Waals surface area contributed by atoms with E-state index in [1.807, 2.05) is 49.4 Å². The number of halogens is 1. The topological polar surface area (TPSA) is 38.3 Å². The molecule has 0 unspecified atom stereocenters.